The van der Waals surface area contributed by atoms with E-state index >= 15 is 0 Å². The second kappa shape index (κ2) is 8.62. The highest BCUT2D eigenvalue weighted by Crippen LogP contribution is 2.30. The second-order valence-corrected chi connectivity index (χ2v) is 9.45. The zero-order chi connectivity index (χ0) is 20.3. The molecule has 1 aliphatic heterocycles. The van der Waals surface area contributed by atoms with E-state index in [2.05, 4.69) is 25.0 Å². The Labute approximate surface area is 172 Å². The molecule has 9 heteroatoms. The number of piperidine rings is 1. The van der Waals surface area contributed by atoms with E-state index in [4.69, 9.17) is 0 Å². The largest absolute Gasteiger partial charge is 0.354 e. The normalized spacial score (nSPS) is 18.5. The summed E-state index contributed by atoms with van der Waals surface area (Å²) >= 11 is 0. The Kier molecular flexibility index (Phi) is 5.96. The molecule has 4 rings (SSSR count). The first-order valence-electron chi connectivity index (χ1n) is 10.3. The molecule has 2 fully saturated rings. The van der Waals surface area contributed by atoms with Crippen molar-refractivity contribution in [2.45, 2.75) is 44.9 Å². The van der Waals surface area contributed by atoms with Crippen LogP contribution in [0.5, 0.6) is 0 Å². The molecule has 0 amide bonds. The summed E-state index contributed by atoms with van der Waals surface area (Å²) in [6.07, 6.45) is 6.59. The van der Waals surface area contributed by atoms with E-state index in [9.17, 15) is 8.42 Å². The number of rotatable bonds is 8. The van der Waals surface area contributed by atoms with E-state index in [-0.39, 0.29) is 5.92 Å². The van der Waals surface area contributed by atoms with Gasteiger partial charge < -0.3 is 5.32 Å². The molecule has 2 N–H and O–H groups in total. The molecular formula is C20H28N6O2S. The average Bonchev–Trinajstić information content (AvgIpc) is 3.57. The molecule has 29 heavy (non-hydrogen) atoms. The maximum atomic E-state index is 12.7. The van der Waals surface area contributed by atoms with Crippen LogP contribution in [0.3, 0.4) is 0 Å². The van der Waals surface area contributed by atoms with Crippen LogP contribution in [0.1, 0.15) is 49.9 Å². The van der Waals surface area contributed by atoms with Crippen molar-refractivity contribution in [1.29, 1.82) is 0 Å². The number of aryl methyl sites for hydroxylation is 1. The molecule has 1 aliphatic carbocycles. The van der Waals surface area contributed by atoms with Gasteiger partial charge in [0.2, 0.25) is 5.95 Å². The van der Waals surface area contributed by atoms with Gasteiger partial charge in [0.25, 0.3) is 0 Å². The van der Waals surface area contributed by atoms with Crippen LogP contribution in [-0.4, -0.2) is 47.3 Å². The first-order valence-corrected chi connectivity index (χ1v) is 11.8. The zero-order valence-electron chi connectivity index (χ0n) is 16.7. The summed E-state index contributed by atoms with van der Waals surface area (Å²) in [6, 6.07) is 7.33. The minimum atomic E-state index is -3.61. The summed E-state index contributed by atoms with van der Waals surface area (Å²) in [6.45, 7) is 3.84. The number of nitrogens with zero attached hydrogens (tertiary/aromatic N) is 4. The van der Waals surface area contributed by atoms with Crippen molar-refractivity contribution in [3.8, 4) is 0 Å². The number of nitrogens with one attached hydrogen (secondary N) is 2. The molecule has 3 heterocycles. The van der Waals surface area contributed by atoms with Gasteiger partial charge in [0.05, 0.1) is 0 Å². The summed E-state index contributed by atoms with van der Waals surface area (Å²) in [5.74, 6) is 2.05. The van der Waals surface area contributed by atoms with E-state index in [1.54, 1.807) is 12.3 Å². The lowest BCUT2D eigenvalue weighted by molar-refractivity contribution is 0.318. The van der Waals surface area contributed by atoms with Crippen molar-refractivity contribution < 1.29 is 8.42 Å². The van der Waals surface area contributed by atoms with Crippen molar-refractivity contribution in [1.82, 2.24) is 19.3 Å². The monoisotopic (exact) mass is 416 g/mol. The van der Waals surface area contributed by atoms with Crippen LogP contribution in [-0.2, 0) is 16.6 Å². The molecule has 0 aromatic carbocycles. The fourth-order valence-electron chi connectivity index (χ4n) is 3.56. The maximum absolute atomic E-state index is 12.7. The van der Waals surface area contributed by atoms with Gasteiger partial charge in [-0.3, -0.25) is 4.72 Å². The Morgan fingerprint density at radius 2 is 1.90 bits per heavy atom. The maximum Gasteiger partial charge on any atom is 0.302 e. The summed E-state index contributed by atoms with van der Waals surface area (Å²) in [5.41, 5.74) is 1.85. The molecule has 0 atom stereocenters. The summed E-state index contributed by atoms with van der Waals surface area (Å²) < 4.78 is 29.6. The Morgan fingerprint density at radius 3 is 2.62 bits per heavy atom. The molecule has 2 aromatic rings. The van der Waals surface area contributed by atoms with Gasteiger partial charge in [-0.25, -0.2) is 15.0 Å². The third kappa shape index (κ3) is 5.22. The highest BCUT2D eigenvalue weighted by molar-refractivity contribution is 7.90. The van der Waals surface area contributed by atoms with E-state index in [0.29, 0.717) is 24.9 Å². The predicted octanol–water partition coefficient (Wildman–Crippen LogP) is 2.79. The van der Waals surface area contributed by atoms with Crippen molar-refractivity contribution >= 4 is 22.0 Å². The average molecular weight is 417 g/mol. The number of hydrogen-bond acceptors (Lipinski definition) is 6. The topological polar surface area (TPSA) is 100 Å². The molecule has 0 bridgehead atoms. The molecular weight excluding hydrogens is 388 g/mol. The standard InChI is InChI=1S/C20H28N6O2S/c1-2-17-4-3-5-19(23-17)25-29(27,28)26-12-9-16(10-13-26)18-8-11-21-20(24-18)22-14-15-6-7-15/h3-5,8,11,15-16H,2,6-7,9-10,12-14H2,1H3,(H,23,25)(H,21,22,24). The second-order valence-electron chi connectivity index (χ2n) is 7.78. The molecule has 2 aliphatic rings. The Bertz CT molecular complexity index is 939. The van der Waals surface area contributed by atoms with E-state index < -0.39 is 10.2 Å². The van der Waals surface area contributed by atoms with Gasteiger partial charge in [-0.05, 0) is 56.2 Å². The van der Waals surface area contributed by atoms with Crippen molar-refractivity contribution in [2.24, 2.45) is 5.92 Å². The third-order valence-electron chi connectivity index (χ3n) is 5.54. The van der Waals surface area contributed by atoms with Gasteiger partial charge in [-0.2, -0.15) is 12.7 Å². The van der Waals surface area contributed by atoms with E-state index in [1.165, 1.54) is 17.1 Å². The SMILES string of the molecule is CCc1cccc(NS(=O)(=O)N2CCC(c3ccnc(NCC4CC4)n3)CC2)n1. The predicted molar refractivity (Wildman–Crippen MR) is 113 cm³/mol. The summed E-state index contributed by atoms with van der Waals surface area (Å²) in [4.78, 5) is 13.3. The molecule has 156 valence electrons. The summed E-state index contributed by atoms with van der Waals surface area (Å²) in [7, 11) is -3.61. The molecule has 0 spiro atoms. The van der Waals surface area contributed by atoms with Crippen LogP contribution in [0.2, 0.25) is 0 Å². The number of anilines is 2. The zero-order valence-corrected chi connectivity index (χ0v) is 17.5. The Balaban J connectivity index is 1.35. The fraction of sp³-hybridized carbons (Fsp3) is 0.550. The quantitative estimate of drug-likeness (QED) is 0.686. The molecule has 0 radical (unpaired) electrons. The number of aromatic nitrogens is 3. The van der Waals surface area contributed by atoms with Gasteiger partial charge in [0.1, 0.15) is 5.82 Å². The van der Waals surface area contributed by atoms with Crippen LogP contribution in [0, 0.1) is 5.92 Å². The first-order chi connectivity index (χ1) is 14.0. The highest BCUT2D eigenvalue weighted by Gasteiger charge is 2.30. The fourth-order valence-corrected chi connectivity index (χ4v) is 4.76. The van der Waals surface area contributed by atoms with Crippen LogP contribution in [0.4, 0.5) is 11.8 Å². The highest BCUT2D eigenvalue weighted by atomic mass is 32.2. The summed E-state index contributed by atoms with van der Waals surface area (Å²) in [5, 5.41) is 3.31. The lowest BCUT2D eigenvalue weighted by Gasteiger charge is -2.31. The van der Waals surface area contributed by atoms with Gasteiger partial charge in [0.15, 0.2) is 0 Å². The van der Waals surface area contributed by atoms with Crippen LogP contribution < -0.4 is 10.0 Å². The first kappa shape index (κ1) is 20.0. The minimum Gasteiger partial charge on any atom is -0.354 e. The third-order valence-corrected chi connectivity index (χ3v) is 7.05. The van der Waals surface area contributed by atoms with Crippen molar-refractivity contribution in [3.05, 3.63) is 41.9 Å². The van der Waals surface area contributed by atoms with E-state index in [0.717, 1.165) is 43.1 Å². The van der Waals surface area contributed by atoms with Gasteiger partial charge in [0, 0.05) is 43.1 Å². The van der Waals surface area contributed by atoms with Crippen LogP contribution in [0.25, 0.3) is 0 Å². The minimum absolute atomic E-state index is 0.243. The van der Waals surface area contributed by atoms with Gasteiger partial charge >= 0.3 is 10.2 Å². The molecule has 2 aromatic heterocycles. The molecule has 0 unspecified atom stereocenters. The van der Waals surface area contributed by atoms with Crippen LogP contribution >= 0.6 is 0 Å². The van der Waals surface area contributed by atoms with Crippen LogP contribution in [0.15, 0.2) is 30.5 Å². The Morgan fingerprint density at radius 1 is 1.10 bits per heavy atom. The smallest absolute Gasteiger partial charge is 0.302 e. The van der Waals surface area contributed by atoms with Gasteiger partial charge in [-0.1, -0.05) is 13.0 Å². The number of hydrogen-bond donors (Lipinski definition) is 2. The van der Waals surface area contributed by atoms with Crippen molar-refractivity contribution in [3.63, 3.8) is 0 Å². The van der Waals surface area contributed by atoms with Gasteiger partial charge in [-0.15, -0.1) is 0 Å². The lowest BCUT2D eigenvalue weighted by atomic mass is 9.94. The molecule has 1 saturated heterocycles. The van der Waals surface area contributed by atoms with E-state index in [1.807, 2.05) is 25.1 Å². The molecule has 1 saturated carbocycles. The lowest BCUT2D eigenvalue weighted by Crippen LogP contribution is -2.41. The Hall–Kier alpha value is -2.26. The number of pyridine rings is 1. The van der Waals surface area contributed by atoms with Crippen molar-refractivity contribution in [2.75, 3.05) is 29.7 Å². The molecule has 8 nitrogen and oxygen atoms in total.